The number of carbonyl (C=O) groups is 1. The maximum Gasteiger partial charge on any atom is 0.160 e. The minimum atomic E-state index is -0.0220. The second-order valence-corrected chi connectivity index (χ2v) is 3.90. The fourth-order valence-corrected chi connectivity index (χ4v) is 1.57. The number of carbonyl (C=O) groups excluding carboxylic acids is 1. The lowest BCUT2D eigenvalue weighted by atomic mass is 10.1. The molecule has 1 N–H and O–H groups in total. The highest BCUT2D eigenvalue weighted by Gasteiger charge is 2.00. The van der Waals surface area contributed by atoms with Gasteiger partial charge in [-0.25, -0.2) is 0 Å². The lowest BCUT2D eigenvalue weighted by Gasteiger charge is -1.98. The van der Waals surface area contributed by atoms with Crippen molar-refractivity contribution in [2.75, 3.05) is 0 Å². The molecule has 0 radical (unpaired) electrons. The molecule has 0 aliphatic rings. The Balaban J connectivity index is 2.02. The number of aromatic hydroxyl groups is 1. The van der Waals surface area contributed by atoms with Gasteiger partial charge in [-0.15, -0.1) is 0 Å². The van der Waals surface area contributed by atoms with Crippen LogP contribution in [0, 0.1) is 0 Å². The van der Waals surface area contributed by atoms with Gasteiger partial charge in [0.05, 0.1) is 0 Å². The van der Waals surface area contributed by atoms with E-state index in [-0.39, 0.29) is 11.5 Å². The van der Waals surface area contributed by atoms with Gasteiger partial charge in [-0.3, -0.25) is 9.78 Å². The van der Waals surface area contributed by atoms with E-state index in [0.29, 0.717) is 12.0 Å². The van der Waals surface area contributed by atoms with E-state index in [2.05, 4.69) is 4.98 Å². The number of hydrogen-bond acceptors (Lipinski definition) is 3. The topological polar surface area (TPSA) is 50.2 Å². The largest absolute Gasteiger partial charge is 0.507 e. The lowest BCUT2D eigenvalue weighted by molar-refractivity contribution is -0.113. The zero-order chi connectivity index (χ0) is 12.8. The van der Waals surface area contributed by atoms with Crippen LogP contribution in [-0.2, 0) is 11.2 Å². The Labute approximate surface area is 105 Å². The van der Waals surface area contributed by atoms with E-state index < -0.39 is 0 Å². The highest BCUT2D eigenvalue weighted by molar-refractivity contribution is 5.95. The first-order chi connectivity index (χ1) is 8.75. The molecule has 1 aromatic heterocycles. The third-order valence-electron chi connectivity index (χ3n) is 2.49. The van der Waals surface area contributed by atoms with Crippen LogP contribution < -0.4 is 0 Å². The molecule has 90 valence electrons. The average molecular weight is 239 g/mol. The summed E-state index contributed by atoms with van der Waals surface area (Å²) in [7, 11) is 0. The minimum Gasteiger partial charge on any atom is -0.507 e. The molecule has 0 aliphatic carbocycles. The highest BCUT2D eigenvalue weighted by atomic mass is 16.3. The van der Waals surface area contributed by atoms with Gasteiger partial charge in [-0.05, 0) is 29.8 Å². The predicted octanol–water partition coefficient (Wildman–Crippen LogP) is 2.61. The number of rotatable bonds is 4. The van der Waals surface area contributed by atoms with Gasteiger partial charge in [-0.2, -0.15) is 0 Å². The molecule has 3 heteroatoms. The van der Waals surface area contributed by atoms with E-state index in [1.807, 2.05) is 12.1 Å². The summed E-state index contributed by atoms with van der Waals surface area (Å²) in [6.07, 6.45) is 6.76. The standard InChI is InChI=1S/C15H13NO2/c17-14(10-12-4-3-9-16-11-12)8-7-13-5-1-2-6-15(13)18/h1-9,11,18H,10H2. The molecule has 0 atom stereocenters. The molecule has 0 spiro atoms. The summed E-state index contributed by atoms with van der Waals surface area (Å²) in [5.41, 5.74) is 1.52. The van der Waals surface area contributed by atoms with Gasteiger partial charge in [0.25, 0.3) is 0 Å². The first-order valence-corrected chi connectivity index (χ1v) is 5.63. The maximum absolute atomic E-state index is 11.7. The molecule has 1 heterocycles. The molecule has 0 aliphatic heterocycles. The van der Waals surface area contributed by atoms with Gasteiger partial charge < -0.3 is 5.11 Å². The zero-order valence-electron chi connectivity index (χ0n) is 9.78. The zero-order valence-corrected chi connectivity index (χ0v) is 9.78. The summed E-state index contributed by atoms with van der Waals surface area (Å²) in [5.74, 6) is 0.147. The van der Waals surface area contributed by atoms with Gasteiger partial charge in [0, 0.05) is 24.4 Å². The summed E-state index contributed by atoms with van der Waals surface area (Å²) in [5, 5.41) is 9.54. The Morgan fingerprint density at radius 2 is 2.06 bits per heavy atom. The van der Waals surface area contributed by atoms with Crippen LogP contribution in [0.3, 0.4) is 0 Å². The summed E-state index contributed by atoms with van der Waals surface area (Å²) in [6.45, 7) is 0. The molecule has 3 nitrogen and oxygen atoms in total. The number of phenolic OH excluding ortho intramolecular Hbond substituents is 1. The number of aromatic nitrogens is 1. The third kappa shape index (κ3) is 3.28. The fraction of sp³-hybridized carbons (Fsp3) is 0.0667. The van der Waals surface area contributed by atoms with Crippen LogP contribution in [0.5, 0.6) is 5.75 Å². The summed E-state index contributed by atoms with van der Waals surface area (Å²) < 4.78 is 0. The van der Waals surface area contributed by atoms with Gasteiger partial charge in [0.2, 0.25) is 0 Å². The molecule has 0 fully saturated rings. The Morgan fingerprint density at radius 1 is 1.22 bits per heavy atom. The van der Waals surface area contributed by atoms with Crippen LogP contribution in [0.15, 0.2) is 54.9 Å². The van der Waals surface area contributed by atoms with Crippen molar-refractivity contribution < 1.29 is 9.90 Å². The molecule has 0 saturated carbocycles. The van der Waals surface area contributed by atoms with Gasteiger partial charge in [-0.1, -0.05) is 24.3 Å². The molecule has 0 amide bonds. The molecule has 0 bridgehead atoms. The van der Waals surface area contributed by atoms with Crippen LogP contribution in [0.4, 0.5) is 0 Å². The SMILES string of the molecule is O=C(C=Cc1ccccc1O)Cc1cccnc1. The summed E-state index contributed by atoms with van der Waals surface area (Å²) in [6, 6.07) is 10.6. The second kappa shape index (κ2) is 5.77. The molecular formula is C15H13NO2. The van der Waals surface area contributed by atoms with E-state index >= 15 is 0 Å². The van der Waals surface area contributed by atoms with Crippen LogP contribution >= 0.6 is 0 Å². The fourth-order valence-electron chi connectivity index (χ4n) is 1.57. The van der Waals surface area contributed by atoms with E-state index in [1.165, 1.54) is 6.08 Å². The van der Waals surface area contributed by atoms with Crippen molar-refractivity contribution >= 4 is 11.9 Å². The molecule has 2 aromatic rings. The Kier molecular flexibility index (Phi) is 3.86. The first kappa shape index (κ1) is 12.0. The quantitative estimate of drug-likeness (QED) is 0.834. The number of benzene rings is 1. The molecule has 1 aromatic carbocycles. The van der Waals surface area contributed by atoms with Gasteiger partial charge >= 0.3 is 0 Å². The number of pyridine rings is 1. The van der Waals surface area contributed by atoms with Crippen LogP contribution in [-0.4, -0.2) is 15.9 Å². The number of allylic oxidation sites excluding steroid dienone is 1. The molecule has 2 rings (SSSR count). The molecule has 18 heavy (non-hydrogen) atoms. The van der Waals surface area contributed by atoms with Crippen molar-refractivity contribution in [1.29, 1.82) is 0 Å². The van der Waals surface area contributed by atoms with Crippen molar-refractivity contribution in [2.45, 2.75) is 6.42 Å². The van der Waals surface area contributed by atoms with E-state index in [1.54, 1.807) is 42.7 Å². The third-order valence-corrected chi connectivity index (χ3v) is 2.49. The summed E-state index contributed by atoms with van der Waals surface area (Å²) in [4.78, 5) is 15.7. The van der Waals surface area contributed by atoms with Gasteiger partial charge in [0.15, 0.2) is 5.78 Å². The summed E-state index contributed by atoms with van der Waals surface area (Å²) >= 11 is 0. The van der Waals surface area contributed by atoms with E-state index in [9.17, 15) is 9.90 Å². The van der Waals surface area contributed by atoms with E-state index in [4.69, 9.17) is 0 Å². The number of para-hydroxylation sites is 1. The van der Waals surface area contributed by atoms with E-state index in [0.717, 1.165) is 5.56 Å². The normalized spacial score (nSPS) is 10.7. The Hall–Kier alpha value is -2.42. The van der Waals surface area contributed by atoms with Crippen LogP contribution in [0.25, 0.3) is 6.08 Å². The lowest BCUT2D eigenvalue weighted by Crippen LogP contribution is -1.98. The van der Waals surface area contributed by atoms with Crippen molar-refractivity contribution in [1.82, 2.24) is 4.98 Å². The molecule has 0 saturated heterocycles. The smallest absolute Gasteiger partial charge is 0.160 e. The first-order valence-electron chi connectivity index (χ1n) is 5.63. The number of phenols is 1. The van der Waals surface area contributed by atoms with Crippen LogP contribution in [0.2, 0.25) is 0 Å². The van der Waals surface area contributed by atoms with Crippen molar-refractivity contribution in [3.63, 3.8) is 0 Å². The van der Waals surface area contributed by atoms with Crippen molar-refractivity contribution in [2.24, 2.45) is 0 Å². The van der Waals surface area contributed by atoms with Crippen molar-refractivity contribution in [3.8, 4) is 5.75 Å². The van der Waals surface area contributed by atoms with Crippen LogP contribution in [0.1, 0.15) is 11.1 Å². The maximum atomic E-state index is 11.7. The average Bonchev–Trinajstić information content (AvgIpc) is 2.39. The minimum absolute atomic E-state index is 0.0220. The Bertz CT molecular complexity index is 562. The molecule has 0 unspecified atom stereocenters. The Morgan fingerprint density at radius 3 is 2.78 bits per heavy atom. The monoisotopic (exact) mass is 239 g/mol. The highest BCUT2D eigenvalue weighted by Crippen LogP contribution is 2.17. The second-order valence-electron chi connectivity index (χ2n) is 3.90. The van der Waals surface area contributed by atoms with Gasteiger partial charge in [0.1, 0.15) is 5.75 Å². The number of hydrogen-bond donors (Lipinski definition) is 1. The van der Waals surface area contributed by atoms with Crippen molar-refractivity contribution in [3.05, 3.63) is 66.0 Å². The number of nitrogens with zero attached hydrogens (tertiary/aromatic N) is 1. The molecular weight excluding hydrogens is 226 g/mol. The predicted molar refractivity (Wildman–Crippen MR) is 70.1 cm³/mol. The number of ketones is 1.